The first-order chi connectivity index (χ1) is 19.5. The van der Waals surface area contributed by atoms with Crippen LogP contribution in [0.2, 0.25) is 0 Å². The quantitative estimate of drug-likeness (QED) is 0.490. The number of amides is 2. The monoisotopic (exact) mass is 551 g/mol. The summed E-state index contributed by atoms with van der Waals surface area (Å²) in [6.45, 7) is 15.2. The summed E-state index contributed by atoms with van der Waals surface area (Å²) in [5.41, 5.74) is 1.76. The number of benzene rings is 1. The van der Waals surface area contributed by atoms with Crippen molar-refractivity contribution in [2.75, 3.05) is 101 Å². The van der Waals surface area contributed by atoms with Crippen molar-refractivity contribution in [2.24, 2.45) is 0 Å². The molecule has 3 aliphatic rings. The minimum atomic E-state index is -0.262. The normalized spacial score (nSPS) is 17.4. The maximum absolute atomic E-state index is 12.0. The van der Waals surface area contributed by atoms with Crippen LogP contribution >= 0.6 is 0 Å². The number of likely N-dealkylation sites (N-methyl/N-ethyl adjacent to an activating group) is 1. The molecule has 0 aliphatic carbocycles. The van der Waals surface area contributed by atoms with E-state index in [4.69, 9.17) is 14.2 Å². The smallest absolute Gasteiger partial charge is 0.254 e. The molecule has 40 heavy (non-hydrogen) atoms. The van der Waals surface area contributed by atoms with E-state index in [2.05, 4.69) is 28.1 Å². The molecule has 3 aliphatic heterocycles. The van der Waals surface area contributed by atoms with Crippen LogP contribution in [0, 0.1) is 0 Å². The molecule has 3 saturated heterocycles. The lowest BCUT2D eigenvalue weighted by molar-refractivity contribution is -0.113. The lowest BCUT2D eigenvalue weighted by Gasteiger charge is -2.30. The molecule has 214 valence electrons. The number of ether oxygens (including phenoxy) is 3. The molecule has 0 unspecified atom stereocenters. The van der Waals surface area contributed by atoms with Crippen LogP contribution in [-0.4, -0.2) is 118 Å². The summed E-state index contributed by atoms with van der Waals surface area (Å²) in [6, 6.07) is 7.49. The number of hydrogen-bond acceptors (Lipinski definition) is 10. The Hall–Kier alpha value is -3.87. The van der Waals surface area contributed by atoms with Crippen molar-refractivity contribution in [3.05, 3.63) is 54.6 Å². The molecule has 12 heteroatoms. The van der Waals surface area contributed by atoms with Crippen molar-refractivity contribution in [1.82, 2.24) is 19.9 Å². The molecule has 1 aromatic carbocycles. The Labute approximate surface area is 234 Å². The summed E-state index contributed by atoms with van der Waals surface area (Å²) in [5.74, 6) is 1.26. The standard InChI is InChI=1S/C15H22N6O3.C13H15NO2/c1-3-12(22)19(2)13-16-14(20-4-8-23-9-5-20)18-15(17-13)21-6-10-24-11-7-21;1-2-11-3-5-12(6-4-11)13(15)14-7-9-16-10-8-14/h3H,1,4-11H2,2H3;2-6H,1,7-10H2. The van der Waals surface area contributed by atoms with Gasteiger partial charge < -0.3 is 28.9 Å². The minimum Gasteiger partial charge on any atom is -0.378 e. The molecule has 2 amide bonds. The van der Waals surface area contributed by atoms with E-state index in [1.54, 1.807) is 13.1 Å². The molecule has 0 atom stereocenters. The molecule has 4 heterocycles. The van der Waals surface area contributed by atoms with Gasteiger partial charge in [-0.05, 0) is 23.8 Å². The fourth-order valence-corrected chi connectivity index (χ4v) is 4.25. The summed E-state index contributed by atoms with van der Waals surface area (Å²) >= 11 is 0. The molecule has 5 rings (SSSR count). The van der Waals surface area contributed by atoms with Crippen LogP contribution in [0.25, 0.3) is 6.08 Å². The summed E-state index contributed by atoms with van der Waals surface area (Å²) < 4.78 is 16.0. The average molecular weight is 552 g/mol. The number of hydrogen-bond donors (Lipinski definition) is 0. The molecule has 12 nitrogen and oxygen atoms in total. The second-order valence-corrected chi connectivity index (χ2v) is 9.27. The van der Waals surface area contributed by atoms with E-state index in [0.717, 1.165) is 11.1 Å². The van der Waals surface area contributed by atoms with Crippen LogP contribution in [0.4, 0.5) is 17.8 Å². The van der Waals surface area contributed by atoms with Crippen LogP contribution < -0.4 is 14.7 Å². The number of rotatable bonds is 6. The van der Waals surface area contributed by atoms with Gasteiger partial charge in [-0.25, -0.2) is 0 Å². The molecule has 3 fully saturated rings. The van der Waals surface area contributed by atoms with Gasteiger partial charge in [-0.15, -0.1) is 0 Å². The van der Waals surface area contributed by atoms with Gasteiger partial charge in [-0.1, -0.05) is 31.4 Å². The van der Waals surface area contributed by atoms with Crippen molar-refractivity contribution in [2.45, 2.75) is 0 Å². The first-order valence-corrected chi connectivity index (χ1v) is 13.4. The van der Waals surface area contributed by atoms with Crippen molar-refractivity contribution >= 4 is 35.7 Å². The summed E-state index contributed by atoms with van der Waals surface area (Å²) in [7, 11) is 1.63. The van der Waals surface area contributed by atoms with Crippen LogP contribution in [0.5, 0.6) is 0 Å². The Kier molecular flexibility index (Phi) is 10.6. The van der Waals surface area contributed by atoms with Gasteiger partial charge in [0.25, 0.3) is 11.8 Å². The van der Waals surface area contributed by atoms with Crippen molar-refractivity contribution in [1.29, 1.82) is 0 Å². The number of carbonyl (C=O) groups is 2. The molecule has 0 spiro atoms. The van der Waals surface area contributed by atoms with Crippen LogP contribution in [0.15, 0.2) is 43.5 Å². The molecule has 2 aromatic rings. The summed E-state index contributed by atoms with van der Waals surface area (Å²) in [5, 5.41) is 0. The second kappa shape index (κ2) is 14.5. The highest BCUT2D eigenvalue weighted by Crippen LogP contribution is 2.20. The van der Waals surface area contributed by atoms with E-state index in [1.807, 2.05) is 39.0 Å². The molecule has 0 bridgehead atoms. The fourth-order valence-electron chi connectivity index (χ4n) is 4.25. The van der Waals surface area contributed by atoms with Crippen molar-refractivity contribution < 1.29 is 23.8 Å². The molecule has 0 radical (unpaired) electrons. The van der Waals surface area contributed by atoms with Gasteiger partial charge >= 0.3 is 0 Å². The number of aromatic nitrogens is 3. The van der Waals surface area contributed by atoms with E-state index >= 15 is 0 Å². The van der Waals surface area contributed by atoms with Gasteiger partial charge in [0.2, 0.25) is 17.8 Å². The van der Waals surface area contributed by atoms with E-state index < -0.39 is 0 Å². The maximum Gasteiger partial charge on any atom is 0.254 e. The Morgan fingerprint density at radius 2 is 1.25 bits per heavy atom. The van der Waals surface area contributed by atoms with Gasteiger partial charge in [-0.2, -0.15) is 15.0 Å². The molecular formula is C28H37N7O5. The number of morpholine rings is 3. The largest absolute Gasteiger partial charge is 0.378 e. The zero-order chi connectivity index (χ0) is 28.3. The molecule has 0 saturated carbocycles. The summed E-state index contributed by atoms with van der Waals surface area (Å²) in [6.07, 6.45) is 3.01. The van der Waals surface area contributed by atoms with Crippen LogP contribution in [0.1, 0.15) is 15.9 Å². The van der Waals surface area contributed by atoms with E-state index in [1.165, 1.54) is 11.0 Å². The second-order valence-electron chi connectivity index (χ2n) is 9.27. The van der Waals surface area contributed by atoms with Gasteiger partial charge in [0.15, 0.2) is 0 Å². The van der Waals surface area contributed by atoms with Crippen molar-refractivity contribution in [3.63, 3.8) is 0 Å². The van der Waals surface area contributed by atoms with Gasteiger partial charge in [0, 0.05) is 51.9 Å². The Balaban J connectivity index is 0.000000201. The first kappa shape index (κ1) is 29.1. The number of anilines is 3. The third kappa shape index (κ3) is 7.62. The Morgan fingerprint density at radius 1 is 0.775 bits per heavy atom. The third-order valence-corrected chi connectivity index (χ3v) is 6.68. The highest BCUT2D eigenvalue weighted by atomic mass is 16.5. The molecule has 0 N–H and O–H groups in total. The minimum absolute atomic E-state index is 0.0823. The zero-order valence-electron chi connectivity index (χ0n) is 23.0. The molecular weight excluding hydrogens is 514 g/mol. The van der Waals surface area contributed by atoms with Crippen LogP contribution in [0.3, 0.4) is 0 Å². The topological polar surface area (TPSA) is 113 Å². The number of nitrogens with zero attached hydrogens (tertiary/aromatic N) is 7. The average Bonchev–Trinajstić information content (AvgIpc) is 3.05. The zero-order valence-corrected chi connectivity index (χ0v) is 23.0. The van der Waals surface area contributed by atoms with Gasteiger partial charge in [0.05, 0.1) is 39.6 Å². The van der Waals surface area contributed by atoms with E-state index in [-0.39, 0.29) is 11.8 Å². The van der Waals surface area contributed by atoms with Gasteiger partial charge in [0.1, 0.15) is 0 Å². The molecule has 1 aromatic heterocycles. The Bertz CT molecular complexity index is 1120. The van der Waals surface area contributed by atoms with Crippen LogP contribution in [-0.2, 0) is 19.0 Å². The maximum atomic E-state index is 12.0. The third-order valence-electron chi connectivity index (χ3n) is 6.68. The highest BCUT2D eigenvalue weighted by molar-refractivity contribution is 5.99. The number of carbonyl (C=O) groups excluding carboxylic acids is 2. The SMILES string of the molecule is C=CC(=O)N(C)c1nc(N2CCOCC2)nc(N2CCOCC2)n1.C=Cc1ccc(C(=O)N2CCOCC2)cc1. The van der Waals surface area contributed by atoms with Crippen molar-refractivity contribution in [3.8, 4) is 0 Å². The van der Waals surface area contributed by atoms with E-state index in [9.17, 15) is 9.59 Å². The lowest BCUT2D eigenvalue weighted by atomic mass is 10.1. The fraction of sp³-hybridized carbons (Fsp3) is 0.464. The first-order valence-electron chi connectivity index (χ1n) is 13.4. The highest BCUT2D eigenvalue weighted by Gasteiger charge is 2.23. The lowest BCUT2D eigenvalue weighted by Crippen LogP contribution is -2.40. The summed E-state index contributed by atoms with van der Waals surface area (Å²) in [4.78, 5) is 44.8. The van der Waals surface area contributed by atoms with E-state index in [0.29, 0.717) is 96.8 Å². The Morgan fingerprint density at radius 3 is 1.70 bits per heavy atom. The predicted molar refractivity (Wildman–Crippen MR) is 153 cm³/mol. The van der Waals surface area contributed by atoms with Gasteiger partial charge in [-0.3, -0.25) is 14.5 Å². The predicted octanol–water partition coefficient (Wildman–Crippen LogP) is 1.50.